The molecule has 0 radical (unpaired) electrons. The summed E-state index contributed by atoms with van der Waals surface area (Å²) >= 11 is 0. The number of carbonyl (C=O) groups excluding carboxylic acids is 1. The standard InChI is InChI=1S/C10H10N2O.C2H6/c1-3-12(11-2)10-6-4-9(8-13)5-7-10;1-2/h3-8H,1-2H2;1-2H3. The zero-order valence-corrected chi connectivity index (χ0v) is 9.18. The quantitative estimate of drug-likeness (QED) is 0.429. The Morgan fingerprint density at radius 1 is 1.27 bits per heavy atom. The van der Waals surface area contributed by atoms with E-state index in [0.29, 0.717) is 5.56 Å². The molecule has 0 unspecified atom stereocenters. The number of nitrogens with zero attached hydrogens (tertiary/aromatic N) is 2. The highest BCUT2D eigenvalue weighted by molar-refractivity contribution is 5.75. The van der Waals surface area contributed by atoms with Gasteiger partial charge in [0.1, 0.15) is 6.29 Å². The van der Waals surface area contributed by atoms with Crippen molar-refractivity contribution in [2.24, 2.45) is 5.10 Å². The van der Waals surface area contributed by atoms with Crippen LogP contribution in [0.3, 0.4) is 0 Å². The maximum atomic E-state index is 10.4. The summed E-state index contributed by atoms with van der Waals surface area (Å²) in [7, 11) is 0. The molecule has 3 nitrogen and oxygen atoms in total. The predicted octanol–water partition coefficient (Wildman–Crippen LogP) is 3.09. The van der Waals surface area contributed by atoms with Crippen molar-refractivity contribution in [1.82, 2.24) is 0 Å². The summed E-state index contributed by atoms with van der Waals surface area (Å²) in [6, 6.07) is 6.98. The van der Waals surface area contributed by atoms with Gasteiger partial charge in [0.15, 0.2) is 0 Å². The summed E-state index contributed by atoms with van der Waals surface area (Å²) in [6.45, 7) is 11.0. The van der Waals surface area contributed by atoms with Gasteiger partial charge in [-0.05, 0) is 24.3 Å². The maximum absolute atomic E-state index is 10.4. The van der Waals surface area contributed by atoms with Crippen molar-refractivity contribution in [2.75, 3.05) is 5.01 Å². The Hall–Kier alpha value is -1.90. The summed E-state index contributed by atoms with van der Waals surface area (Å²) < 4.78 is 0. The lowest BCUT2D eigenvalue weighted by Gasteiger charge is -2.12. The first kappa shape index (κ1) is 13.1. The van der Waals surface area contributed by atoms with Crippen LogP contribution < -0.4 is 5.01 Å². The average Bonchev–Trinajstić information content (AvgIpc) is 2.34. The van der Waals surface area contributed by atoms with Gasteiger partial charge in [-0.15, -0.1) is 0 Å². The molecule has 0 atom stereocenters. The molecule has 0 aliphatic carbocycles. The normalized spacial score (nSPS) is 8.13. The second-order valence-electron chi connectivity index (χ2n) is 2.38. The van der Waals surface area contributed by atoms with Crippen LogP contribution in [-0.2, 0) is 0 Å². The summed E-state index contributed by atoms with van der Waals surface area (Å²) in [4.78, 5) is 10.4. The van der Waals surface area contributed by atoms with E-state index in [1.165, 1.54) is 5.01 Å². The SMILES string of the molecule is C=CN(N=C)c1ccc(C=O)cc1.CC. The Labute approximate surface area is 90.7 Å². The monoisotopic (exact) mass is 204 g/mol. The van der Waals surface area contributed by atoms with E-state index in [1.807, 2.05) is 13.8 Å². The molecule has 0 spiro atoms. The Morgan fingerprint density at radius 2 is 1.80 bits per heavy atom. The van der Waals surface area contributed by atoms with Crippen molar-refractivity contribution < 1.29 is 4.79 Å². The van der Waals surface area contributed by atoms with Crippen LogP contribution in [0.1, 0.15) is 24.2 Å². The maximum Gasteiger partial charge on any atom is 0.150 e. The van der Waals surface area contributed by atoms with E-state index in [4.69, 9.17) is 0 Å². The summed E-state index contributed by atoms with van der Waals surface area (Å²) in [5, 5.41) is 5.23. The fourth-order valence-electron chi connectivity index (χ4n) is 0.950. The van der Waals surface area contributed by atoms with Crippen molar-refractivity contribution in [2.45, 2.75) is 13.8 Å². The first-order valence-corrected chi connectivity index (χ1v) is 4.75. The molecule has 0 saturated carbocycles. The van der Waals surface area contributed by atoms with E-state index in [0.717, 1.165) is 12.0 Å². The van der Waals surface area contributed by atoms with Gasteiger partial charge in [-0.1, -0.05) is 20.4 Å². The molecule has 1 rings (SSSR count). The molecule has 15 heavy (non-hydrogen) atoms. The molecule has 3 heteroatoms. The molecule has 0 fully saturated rings. The molecular weight excluding hydrogens is 188 g/mol. The lowest BCUT2D eigenvalue weighted by molar-refractivity contribution is 0.112. The van der Waals surface area contributed by atoms with Crippen LogP contribution >= 0.6 is 0 Å². The molecule has 0 bridgehead atoms. The minimum absolute atomic E-state index is 0.636. The average molecular weight is 204 g/mol. The van der Waals surface area contributed by atoms with Crippen LogP contribution in [-0.4, -0.2) is 13.0 Å². The molecule has 0 heterocycles. The van der Waals surface area contributed by atoms with Gasteiger partial charge in [0.25, 0.3) is 0 Å². The van der Waals surface area contributed by atoms with Gasteiger partial charge >= 0.3 is 0 Å². The number of carbonyl (C=O) groups is 1. The van der Waals surface area contributed by atoms with Crippen LogP contribution in [0.4, 0.5) is 5.69 Å². The minimum Gasteiger partial charge on any atom is -0.298 e. The van der Waals surface area contributed by atoms with Gasteiger partial charge in [0.2, 0.25) is 0 Å². The third-order valence-electron chi connectivity index (χ3n) is 1.62. The first-order valence-electron chi connectivity index (χ1n) is 4.75. The zero-order chi connectivity index (χ0) is 11.7. The molecule has 0 aromatic heterocycles. The summed E-state index contributed by atoms with van der Waals surface area (Å²) in [5.74, 6) is 0. The Bertz CT molecular complexity index is 309. The number of aldehydes is 1. The highest BCUT2D eigenvalue weighted by Crippen LogP contribution is 2.14. The molecule has 0 aliphatic heterocycles. The van der Waals surface area contributed by atoms with Gasteiger partial charge in [-0.2, -0.15) is 5.10 Å². The number of hydrogen-bond acceptors (Lipinski definition) is 3. The van der Waals surface area contributed by atoms with Crippen molar-refractivity contribution >= 4 is 18.7 Å². The molecule has 0 N–H and O–H groups in total. The topological polar surface area (TPSA) is 32.7 Å². The number of anilines is 1. The van der Waals surface area contributed by atoms with Gasteiger partial charge in [0.05, 0.1) is 5.69 Å². The molecule has 1 aromatic carbocycles. The van der Waals surface area contributed by atoms with E-state index < -0.39 is 0 Å². The fourth-order valence-corrected chi connectivity index (χ4v) is 0.950. The first-order chi connectivity index (χ1) is 7.31. The van der Waals surface area contributed by atoms with Gasteiger partial charge in [0, 0.05) is 18.5 Å². The van der Waals surface area contributed by atoms with Crippen LogP contribution in [0.15, 0.2) is 42.1 Å². The zero-order valence-electron chi connectivity index (χ0n) is 9.18. The van der Waals surface area contributed by atoms with Crippen LogP contribution in [0, 0.1) is 0 Å². The minimum atomic E-state index is 0.636. The van der Waals surface area contributed by atoms with Gasteiger partial charge in [-0.25, -0.2) is 5.01 Å². The molecule has 0 aliphatic rings. The lowest BCUT2D eigenvalue weighted by atomic mass is 10.2. The van der Waals surface area contributed by atoms with Crippen molar-refractivity contribution in [1.29, 1.82) is 0 Å². The predicted molar refractivity (Wildman–Crippen MR) is 65.4 cm³/mol. The fraction of sp³-hybridized carbons (Fsp3) is 0.167. The Balaban J connectivity index is 0.000000921. The Kier molecular flexibility index (Phi) is 6.55. The number of rotatable bonds is 4. The Morgan fingerprint density at radius 3 is 2.13 bits per heavy atom. The molecule has 0 saturated heterocycles. The van der Waals surface area contributed by atoms with Gasteiger partial charge in [-0.3, -0.25) is 4.79 Å². The second kappa shape index (κ2) is 7.50. The molecule has 1 aromatic rings. The third kappa shape index (κ3) is 3.77. The number of hydrogen-bond donors (Lipinski definition) is 0. The van der Waals surface area contributed by atoms with Crippen LogP contribution in [0.5, 0.6) is 0 Å². The van der Waals surface area contributed by atoms with Crippen molar-refractivity contribution in [3.05, 3.63) is 42.6 Å². The third-order valence-corrected chi connectivity index (χ3v) is 1.62. The summed E-state index contributed by atoms with van der Waals surface area (Å²) in [5.41, 5.74) is 1.47. The van der Waals surface area contributed by atoms with E-state index in [9.17, 15) is 4.79 Å². The van der Waals surface area contributed by atoms with E-state index in [2.05, 4.69) is 18.4 Å². The lowest BCUT2D eigenvalue weighted by Crippen LogP contribution is -2.04. The largest absolute Gasteiger partial charge is 0.298 e. The van der Waals surface area contributed by atoms with Gasteiger partial charge < -0.3 is 0 Å². The van der Waals surface area contributed by atoms with Crippen LogP contribution in [0.2, 0.25) is 0 Å². The summed E-state index contributed by atoms with van der Waals surface area (Å²) in [6.07, 6.45) is 2.34. The molecule has 80 valence electrons. The number of benzene rings is 1. The molecular formula is C12H16N2O. The van der Waals surface area contributed by atoms with E-state index in [1.54, 1.807) is 30.5 Å². The number of hydrazone groups is 1. The van der Waals surface area contributed by atoms with Crippen molar-refractivity contribution in [3.8, 4) is 0 Å². The molecule has 0 amide bonds. The smallest absolute Gasteiger partial charge is 0.150 e. The highest BCUT2D eigenvalue weighted by atomic mass is 16.1. The highest BCUT2D eigenvalue weighted by Gasteiger charge is 1.98. The van der Waals surface area contributed by atoms with E-state index >= 15 is 0 Å². The second-order valence-corrected chi connectivity index (χ2v) is 2.38. The van der Waals surface area contributed by atoms with E-state index in [-0.39, 0.29) is 0 Å². The van der Waals surface area contributed by atoms with Crippen LogP contribution in [0.25, 0.3) is 0 Å². The van der Waals surface area contributed by atoms with Crippen molar-refractivity contribution in [3.63, 3.8) is 0 Å².